The predicted molar refractivity (Wildman–Crippen MR) is 58.6 cm³/mol. The summed E-state index contributed by atoms with van der Waals surface area (Å²) in [5.41, 5.74) is 0.858. The molecule has 0 heterocycles. The summed E-state index contributed by atoms with van der Waals surface area (Å²) < 4.78 is 0. The topological polar surface area (TPSA) is 75.3 Å². The van der Waals surface area contributed by atoms with Crippen LogP contribution in [-0.4, -0.2) is 32.2 Å². The summed E-state index contributed by atoms with van der Waals surface area (Å²) in [7, 11) is 2.96. The van der Waals surface area contributed by atoms with Gasteiger partial charge in [-0.05, 0) is 18.2 Å². The molecule has 0 aliphatic heterocycles. The highest BCUT2D eigenvalue weighted by Gasteiger charge is 2.10. The van der Waals surface area contributed by atoms with Crippen molar-refractivity contribution in [1.29, 1.82) is 0 Å². The van der Waals surface area contributed by atoms with Gasteiger partial charge in [0.1, 0.15) is 6.29 Å². The zero-order valence-corrected chi connectivity index (χ0v) is 9.03. The van der Waals surface area contributed by atoms with Gasteiger partial charge in [-0.3, -0.25) is 14.4 Å². The van der Waals surface area contributed by atoms with Gasteiger partial charge in [-0.15, -0.1) is 0 Å². The SMILES string of the molecule is CNC(=O)c1cc(C=O)cc(C(=O)NC)c1. The van der Waals surface area contributed by atoms with E-state index >= 15 is 0 Å². The summed E-state index contributed by atoms with van der Waals surface area (Å²) in [6.45, 7) is 0. The number of carbonyl (C=O) groups is 3. The van der Waals surface area contributed by atoms with Crippen molar-refractivity contribution in [2.24, 2.45) is 0 Å². The zero-order valence-electron chi connectivity index (χ0n) is 9.03. The zero-order chi connectivity index (χ0) is 12.1. The number of nitrogens with one attached hydrogen (secondary N) is 2. The predicted octanol–water partition coefficient (Wildman–Crippen LogP) is 0.218. The van der Waals surface area contributed by atoms with Crippen molar-refractivity contribution in [3.05, 3.63) is 34.9 Å². The molecular formula is C11H12N2O3. The molecule has 2 amide bonds. The Morgan fingerprint density at radius 3 is 1.75 bits per heavy atom. The van der Waals surface area contributed by atoms with Crippen LogP contribution in [-0.2, 0) is 0 Å². The summed E-state index contributed by atoms with van der Waals surface area (Å²) in [5, 5.41) is 4.86. The summed E-state index contributed by atoms with van der Waals surface area (Å²) in [5.74, 6) is -0.678. The van der Waals surface area contributed by atoms with Crippen LogP contribution in [0, 0.1) is 0 Å². The van der Waals surface area contributed by atoms with Crippen molar-refractivity contribution in [1.82, 2.24) is 10.6 Å². The Morgan fingerprint density at radius 1 is 1.00 bits per heavy atom. The van der Waals surface area contributed by atoms with Crippen LogP contribution in [0.4, 0.5) is 0 Å². The summed E-state index contributed by atoms with van der Waals surface area (Å²) in [6.07, 6.45) is 0.596. The minimum atomic E-state index is -0.339. The Labute approximate surface area is 92.8 Å². The molecule has 16 heavy (non-hydrogen) atoms. The Hall–Kier alpha value is -2.17. The lowest BCUT2D eigenvalue weighted by Crippen LogP contribution is -2.21. The molecule has 0 aliphatic carbocycles. The minimum Gasteiger partial charge on any atom is -0.355 e. The molecular weight excluding hydrogens is 208 g/mol. The van der Waals surface area contributed by atoms with E-state index in [1.54, 1.807) is 0 Å². The van der Waals surface area contributed by atoms with E-state index in [9.17, 15) is 14.4 Å². The fraction of sp³-hybridized carbons (Fsp3) is 0.182. The normalized spacial score (nSPS) is 9.38. The van der Waals surface area contributed by atoms with Crippen LogP contribution in [0.25, 0.3) is 0 Å². The number of rotatable bonds is 3. The molecule has 0 atom stereocenters. The Kier molecular flexibility index (Phi) is 3.77. The van der Waals surface area contributed by atoms with E-state index in [0.717, 1.165) is 0 Å². The van der Waals surface area contributed by atoms with Crippen molar-refractivity contribution < 1.29 is 14.4 Å². The molecule has 1 aromatic carbocycles. The summed E-state index contributed by atoms with van der Waals surface area (Å²) in [6, 6.07) is 4.29. The lowest BCUT2D eigenvalue weighted by molar-refractivity contribution is 0.0962. The van der Waals surface area contributed by atoms with E-state index < -0.39 is 0 Å². The van der Waals surface area contributed by atoms with Gasteiger partial charge in [0.25, 0.3) is 11.8 Å². The third kappa shape index (κ3) is 2.44. The molecule has 5 heteroatoms. The molecule has 0 saturated heterocycles. The highest BCUT2D eigenvalue weighted by Crippen LogP contribution is 2.09. The van der Waals surface area contributed by atoms with E-state index in [-0.39, 0.29) is 22.9 Å². The van der Waals surface area contributed by atoms with Gasteiger partial charge in [0.15, 0.2) is 0 Å². The van der Waals surface area contributed by atoms with E-state index in [0.29, 0.717) is 11.8 Å². The Morgan fingerprint density at radius 2 is 1.44 bits per heavy atom. The van der Waals surface area contributed by atoms with Crippen molar-refractivity contribution in [3.63, 3.8) is 0 Å². The molecule has 0 aromatic heterocycles. The van der Waals surface area contributed by atoms with Gasteiger partial charge in [0, 0.05) is 30.8 Å². The lowest BCUT2D eigenvalue weighted by Gasteiger charge is -2.05. The van der Waals surface area contributed by atoms with E-state index in [1.807, 2.05) is 0 Å². The molecule has 0 saturated carbocycles. The first-order valence-corrected chi connectivity index (χ1v) is 4.66. The molecule has 2 N–H and O–H groups in total. The van der Waals surface area contributed by atoms with Crippen LogP contribution >= 0.6 is 0 Å². The number of aldehydes is 1. The summed E-state index contributed by atoms with van der Waals surface area (Å²) in [4.78, 5) is 33.4. The quantitative estimate of drug-likeness (QED) is 0.715. The number of carbonyl (C=O) groups excluding carboxylic acids is 3. The highest BCUT2D eigenvalue weighted by molar-refractivity contribution is 6.01. The Bertz CT molecular complexity index is 407. The largest absolute Gasteiger partial charge is 0.355 e. The highest BCUT2D eigenvalue weighted by atomic mass is 16.2. The van der Waals surface area contributed by atoms with Crippen LogP contribution in [0.15, 0.2) is 18.2 Å². The van der Waals surface area contributed by atoms with Gasteiger partial charge >= 0.3 is 0 Å². The second-order valence-corrected chi connectivity index (χ2v) is 3.12. The molecule has 0 radical (unpaired) electrons. The molecule has 1 aromatic rings. The minimum absolute atomic E-state index is 0.283. The van der Waals surface area contributed by atoms with Crippen molar-refractivity contribution in [2.75, 3.05) is 14.1 Å². The molecule has 0 spiro atoms. The van der Waals surface area contributed by atoms with Gasteiger partial charge in [-0.2, -0.15) is 0 Å². The fourth-order valence-corrected chi connectivity index (χ4v) is 1.27. The smallest absolute Gasteiger partial charge is 0.251 e. The first-order chi connectivity index (χ1) is 7.62. The van der Waals surface area contributed by atoms with Crippen LogP contribution in [0.5, 0.6) is 0 Å². The first kappa shape index (κ1) is 11.9. The van der Waals surface area contributed by atoms with Gasteiger partial charge in [-0.1, -0.05) is 0 Å². The molecule has 1 rings (SSSR count). The van der Waals surface area contributed by atoms with Crippen LogP contribution in [0.3, 0.4) is 0 Å². The van der Waals surface area contributed by atoms with Gasteiger partial charge in [0.05, 0.1) is 0 Å². The number of amides is 2. The maximum absolute atomic E-state index is 11.4. The summed E-state index contributed by atoms with van der Waals surface area (Å²) >= 11 is 0. The maximum Gasteiger partial charge on any atom is 0.251 e. The van der Waals surface area contributed by atoms with Crippen LogP contribution in [0.1, 0.15) is 31.1 Å². The number of hydrogen-bond acceptors (Lipinski definition) is 3. The molecule has 0 unspecified atom stereocenters. The van der Waals surface area contributed by atoms with Gasteiger partial charge in [0.2, 0.25) is 0 Å². The molecule has 0 bridgehead atoms. The fourth-order valence-electron chi connectivity index (χ4n) is 1.27. The number of hydrogen-bond donors (Lipinski definition) is 2. The van der Waals surface area contributed by atoms with Crippen LogP contribution < -0.4 is 10.6 Å². The first-order valence-electron chi connectivity index (χ1n) is 4.66. The van der Waals surface area contributed by atoms with E-state index in [1.165, 1.54) is 32.3 Å². The average molecular weight is 220 g/mol. The van der Waals surface area contributed by atoms with Crippen molar-refractivity contribution >= 4 is 18.1 Å². The monoisotopic (exact) mass is 220 g/mol. The molecule has 0 fully saturated rings. The maximum atomic E-state index is 11.4. The standard InChI is InChI=1S/C11H12N2O3/c1-12-10(15)8-3-7(6-14)4-9(5-8)11(16)13-2/h3-6H,1-2H3,(H,12,15)(H,13,16). The van der Waals surface area contributed by atoms with Crippen molar-refractivity contribution in [2.45, 2.75) is 0 Å². The molecule has 0 aliphatic rings. The third-order valence-corrected chi connectivity index (χ3v) is 2.07. The van der Waals surface area contributed by atoms with E-state index in [4.69, 9.17) is 0 Å². The van der Waals surface area contributed by atoms with Crippen molar-refractivity contribution in [3.8, 4) is 0 Å². The second-order valence-electron chi connectivity index (χ2n) is 3.12. The number of benzene rings is 1. The van der Waals surface area contributed by atoms with Crippen LogP contribution in [0.2, 0.25) is 0 Å². The van der Waals surface area contributed by atoms with E-state index in [2.05, 4.69) is 10.6 Å². The second kappa shape index (κ2) is 5.06. The van der Waals surface area contributed by atoms with Gasteiger partial charge < -0.3 is 10.6 Å². The third-order valence-electron chi connectivity index (χ3n) is 2.07. The Balaban J connectivity index is 3.26. The molecule has 84 valence electrons. The molecule has 5 nitrogen and oxygen atoms in total. The lowest BCUT2D eigenvalue weighted by atomic mass is 10.1. The average Bonchev–Trinajstić information content (AvgIpc) is 2.35. The van der Waals surface area contributed by atoms with Gasteiger partial charge in [-0.25, -0.2) is 0 Å².